The molecule has 0 radical (unpaired) electrons. The van der Waals surface area contributed by atoms with Crippen molar-refractivity contribution in [1.29, 1.82) is 0 Å². The van der Waals surface area contributed by atoms with Gasteiger partial charge >= 0.3 is 6.03 Å². The minimum Gasteiger partial charge on any atom is -0.497 e. The Bertz CT molecular complexity index is 1720. The third-order valence-electron chi connectivity index (χ3n) is 8.73. The number of aldehydes is 1. The number of benzene rings is 4. The number of urea groups is 1. The Labute approximate surface area is 258 Å². The molecule has 0 spiro atoms. The van der Waals surface area contributed by atoms with Gasteiger partial charge in [-0.15, -0.1) is 0 Å². The number of hydrogen-bond acceptors (Lipinski definition) is 4. The van der Waals surface area contributed by atoms with Gasteiger partial charge in [0.1, 0.15) is 17.6 Å². The van der Waals surface area contributed by atoms with Crippen LogP contribution in [0.4, 0.5) is 4.79 Å². The predicted octanol–water partition coefficient (Wildman–Crippen LogP) is 6.58. The minimum absolute atomic E-state index is 0.256. The van der Waals surface area contributed by atoms with E-state index in [9.17, 15) is 9.59 Å². The first-order valence-corrected chi connectivity index (χ1v) is 15.1. The molecular weight excluding hydrogens is 548 g/mol. The number of amides is 2. The van der Waals surface area contributed by atoms with E-state index in [2.05, 4.69) is 58.7 Å². The molecule has 4 aromatic carbocycles. The van der Waals surface area contributed by atoms with E-state index in [0.717, 1.165) is 35.4 Å². The molecule has 2 heterocycles. The average Bonchev–Trinajstić information content (AvgIpc) is 3.63. The first kappa shape index (κ1) is 29.2. The van der Waals surface area contributed by atoms with Gasteiger partial charge in [-0.1, -0.05) is 66.7 Å². The van der Waals surface area contributed by atoms with Crippen LogP contribution in [0.2, 0.25) is 0 Å². The molecule has 7 heteroatoms. The number of nitrogens with zero attached hydrogens (tertiary/aromatic N) is 3. The van der Waals surface area contributed by atoms with Crippen LogP contribution >= 0.6 is 0 Å². The largest absolute Gasteiger partial charge is 0.497 e. The molecule has 1 fully saturated rings. The standard InChI is InChI=1S/C37H38N4O3/c1-44-34-15-7-9-29(24-34)25-38-36(43)41(26-30-10-6-14-33(23-30)40-19-4-5-20-40)37(28-42)17-21-39(22-18-37)27-32-13-8-12-31-11-2-3-16-35(31)32/h2-16,19-20,23-24,28H,17-18,21-22,25-27H2,1H3,(H,38,43). The maximum Gasteiger partial charge on any atom is 0.318 e. The van der Waals surface area contributed by atoms with E-state index in [1.165, 1.54) is 16.3 Å². The Balaban J connectivity index is 1.23. The first-order valence-electron chi connectivity index (χ1n) is 15.1. The van der Waals surface area contributed by atoms with E-state index in [-0.39, 0.29) is 6.03 Å². The molecule has 44 heavy (non-hydrogen) atoms. The van der Waals surface area contributed by atoms with E-state index in [1.807, 2.05) is 71.6 Å². The zero-order valence-electron chi connectivity index (χ0n) is 25.1. The summed E-state index contributed by atoms with van der Waals surface area (Å²) < 4.78 is 7.40. The molecule has 1 aliphatic rings. The van der Waals surface area contributed by atoms with Crippen LogP contribution in [0.1, 0.15) is 29.5 Å². The Hall–Kier alpha value is -4.88. The fraction of sp³-hybridized carbons (Fsp3) is 0.243. The third-order valence-corrected chi connectivity index (χ3v) is 8.73. The molecule has 224 valence electrons. The van der Waals surface area contributed by atoms with Crippen LogP contribution in [0.15, 0.2) is 116 Å². The van der Waals surface area contributed by atoms with Crippen LogP contribution in [0.3, 0.4) is 0 Å². The molecule has 0 saturated carbocycles. The van der Waals surface area contributed by atoms with Gasteiger partial charge in [-0.25, -0.2) is 4.79 Å². The van der Waals surface area contributed by atoms with E-state index < -0.39 is 5.54 Å². The lowest BCUT2D eigenvalue weighted by atomic mass is 9.86. The first-order chi connectivity index (χ1) is 21.6. The molecule has 0 unspecified atom stereocenters. The Kier molecular flexibility index (Phi) is 8.75. The fourth-order valence-corrected chi connectivity index (χ4v) is 6.21. The molecule has 1 aromatic heterocycles. The molecule has 1 saturated heterocycles. The number of hydrogen-bond donors (Lipinski definition) is 1. The highest BCUT2D eigenvalue weighted by Gasteiger charge is 2.42. The number of ether oxygens (including phenoxy) is 1. The number of fused-ring (bicyclic) bond motifs is 1. The number of piperidine rings is 1. The van der Waals surface area contributed by atoms with Crippen molar-refractivity contribution in [2.24, 2.45) is 0 Å². The summed E-state index contributed by atoms with van der Waals surface area (Å²) in [4.78, 5) is 31.1. The van der Waals surface area contributed by atoms with Crippen molar-refractivity contribution in [3.8, 4) is 11.4 Å². The summed E-state index contributed by atoms with van der Waals surface area (Å²) in [5, 5.41) is 5.57. The van der Waals surface area contributed by atoms with Crippen LogP contribution in [-0.4, -0.2) is 52.4 Å². The second kappa shape index (κ2) is 13.2. The quantitative estimate of drug-likeness (QED) is 0.188. The second-order valence-corrected chi connectivity index (χ2v) is 11.5. The van der Waals surface area contributed by atoms with Crippen LogP contribution in [0.5, 0.6) is 5.75 Å². The second-order valence-electron chi connectivity index (χ2n) is 11.5. The minimum atomic E-state index is -0.919. The number of rotatable bonds is 10. The maximum absolute atomic E-state index is 14.0. The Morgan fingerprint density at radius 2 is 1.61 bits per heavy atom. The number of carbonyl (C=O) groups is 2. The van der Waals surface area contributed by atoms with Crippen molar-refractivity contribution in [1.82, 2.24) is 19.7 Å². The lowest BCUT2D eigenvalue weighted by Gasteiger charge is -2.45. The summed E-state index contributed by atoms with van der Waals surface area (Å²) in [5.41, 5.74) is 3.26. The third kappa shape index (κ3) is 6.38. The van der Waals surface area contributed by atoms with Crippen molar-refractivity contribution < 1.29 is 14.3 Å². The number of carbonyl (C=O) groups excluding carboxylic acids is 2. The monoisotopic (exact) mass is 586 g/mol. The lowest BCUT2D eigenvalue weighted by Crippen LogP contribution is -2.60. The van der Waals surface area contributed by atoms with Gasteiger partial charge in [0.15, 0.2) is 0 Å². The van der Waals surface area contributed by atoms with Crippen molar-refractivity contribution in [2.75, 3.05) is 20.2 Å². The number of aromatic nitrogens is 1. The summed E-state index contributed by atoms with van der Waals surface area (Å²) >= 11 is 0. The van der Waals surface area contributed by atoms with E-state index in [4.69, 9.17) is 4.74 Å². The summed E-state index contributed by atoms with van der Waals surface area (Å²) in [5.74, 6) is 0.735. The normalized spacial score (nSPS) is 14.7. The Morgan fingerprint density at radius 1 is 0.886 bits per heavy atom. The van der Waals surface area contributed by atoms with Crippen molar-refractivity contribution in [2.45, 2.75) is 38.0 Å². The topological polar surface area (TPSA) is 66.8 Å². The maximum atomic E-state index is 14.0. The van der Waals surface area contributed by atoms with Crippen LogP contribution in [0.25, 0.3) is 16.5 Å². The molecule has 7 nitrogen and oxygen atoms in total. The van der Waals surface area contributed by atoms with Gasteiger partial charge in [0.05, 0.1) is 7.11 Å². The zero-order valence-corrected chi connectivity index (χ0v) is 25.1. The number of methoxy groups -OCH3 is 1. The smallest absolute Gasteiger partial charge is 0.318 e. The van der Waals surface area contributed by atoms with Crippen LogP contribution < -0.4 is 10.1 Å². The molecule has 6 rings (SSSR count). The molecule has 0 bridgehead atoms. The average molecular weight is 587 g/mol. The Morgan fingerprint density at radius 3 is 2.41 bits per heavy atom. The molecule has 1 aliphatic heterocycles. The molecule has 1 N–H and O–H groups in total. The van der Waals surface area contributed by atoms with Gasteiger partial charge in [-0.05, 0) is 76.7 Å². The highest BCUT2D eigenvalue weighted by Crippen LogP contribution is 2.31. The summed E-state index contributed by atoms with van der Waals surface area (Å²) in [7, 11) is 1.63. The molecule has 0 aliphatic carbocycles. The SMILES string of the molecule is COc1cccc(CNC(=O)N(Cc2cccc(-n3cccc3)c2)C2(C=O)CCN(Cc3cccc4ccccc34)CC2)c1. The van der Waals surface area contributed by atoms with E-state index >= 15 is 0 Å². The summed E-state index contributed by atoms with van der Waals surface area (Å²) in [6, 6.07) is 34.4. The van der Waals surface area contributed by atoms with Crippen LogP contribution in [0, 0.1) is 0 Å². The highest BCUT2D eigenvalue weighted by molar-refractivity contribution is 5.85. The molecular formula is C37H38N4O3. The molecule has 2 amide bonds. The van der Waals surface area contributed by atoms with Gasteiger partial charge in [0, 0.05) is 50.8 Å². The van der Waals surface area contributed by atoms with Crippen molar-refractivity contribution in [3.63, 3.8) is 0 Å². The van der Waals surface area contributed by atoms with Crippen molar-refractivity contribution in [3.05, 3.63) is 132 Å². The zero-order chi connectivity index (χ0) is 30.4. The van der Waals surface area contributed by atoms with E-state index in [1.54, 1.807) is 12.0 Å². The van der Waals surface area contributed by atoms with Crippen molar-refractivity contribution >= 4 is 23.1 Å². The van der Waals surface area contributed by atoms with Gasteiger partial charge in [-0.3, -0.25) is 4.90 Å². The highest BCUT2D eigenvalue weighted by atomic mass is 16.5. The number of nitrogens with one attached hydrogen (secondary N) is 1. The molecule has 0 atom stereocenters. The number of likely N-dealkylation sites (tertiary alicyclic amines) is 1. The molecule has 5 aromatic rings. The summed E-state index contributed by atoms with van der Waals surface area (Å²) in [6.45, 7) is 2.88. The van der Waals surface area contributed by atoms with Gasteiger partial charge < -0.3 is 24.3 Å². The summed E-state index contributed by atoms with van der Waals surface area (Å²) in [6.07, 6.45) is 6.12. The van der Waals surface area contributed by atoms with E-state index in [0.29, 0.717) is 39.0 Å². The van der Waals surface area contributed by atoms with Gasteiger partial charge in [0.25, 0.3) is 0 Å². The predicted molar refractivity (Wildman–Crippen MR) is 174 cm³/mol. The van der Waals surface area contributed by atoms with Gasteiger partial charge in [-0.2, -0.15) is 0 Å². The van der Waals surface area contributed by atoms with Crippen LogP contribution in [-0.2, 0) is 24.4 Å². The fourth-order valence-electron chi connectivity index (χ4n) is 6.21. The van der Waals surface area contributed by atoms with Gasteiger partial charge in [0.2, 0.25) is 0 Å². The lowest BCUT2D eigenvalue weighted by molar-refractivity contribution is -0.120.